The van der Waals surface area contributed by atoms with Crippen LogP contribution in [0.5, 0.6) is 0 Å². The molecule has 8 heteroatoms. The van der Waals surface area contributed by atoms with Crippen LogP contribution in [0, 0.1) is 5.82 Å². The minimum Gasteiger partial charge on any atom is -0.348 e. The van der Waals surface area contributed by atoms with Gasteiger partial charge in [-0.05, 0) is 43.3 Å². The quantitative estimate of drug-likeness (QED) is 0.740. The van der Waals surface area contributed by atoms with E-state index in [2.05, 4.69) is 10.3 Å². The lowest BCUT2D eigenvalue weighted by Gasteiger charge is -2.35. The number of para-hydroxylation sites is 2. The molecule has 29 heavy (non-hydrogen) atoms. The van der Waals surface area contributed by atoms with Gasteiger partial charge < -0.3 is 19.7 Å². The highest BCUT2D eigenvalue weighted by molar-refractivity contribution is 5.89. The Kier molecular flexibility index (Phi) is 5.16. The number of aryl methyl sites for hydroxylation is 1. The summed E-state index contributed by atoms with van der Waals surface area (Å²) in [6.07, 6.45) is 0. The van der Waals surface area contributed by atoms with Gasteiger partial charge in [-0.3, -0.25) is 4.79 Å². The van der Waals surface area contributed by atoms with Crippen molar-refractivity contribution < 1.29 is 9.18 Å². The second kappa shape index (κ2) is 7.90. The lowest BCUT2D eigenvalue weighted by Crippen LogP contribution is -2.51. The SMILES string of the molecule is CCn1c(=O)c(N2CCN(C(=O)Nc3ccc(F)cc3)CC2)nc2ccccc21. The number of nitrogens with one attached hydrogen (secondary N) is 1. The first-order valence-electron chi connectivity index (χ1n) is 9.63. The van der Waals surface area contributed by atoms with Crippen LogP contribution in [0.15, 0.2) is 53.3 Å². The van der Waals surface area contributed by atoms with Gasteiger partial charge in [-0.1, -0.05) is 12.1 Å². The number of amides is 2. The van der Waals surface area contributed by atoms with Gasteiger partial charge in [0, 0.05) is 38.4 Å². The molecule has 0 bridgehead atoms. The maximum atomic E-state index is 13.0. The van der Waals surface area contributed by atoms with Crippen LogP contribution in [0.1, 0.15) is 6.92 Å². The Labute approximate surface area is 167 Å². The molecule has 0 atom stereocenters. The van der Waals surface area contributed by atoms with Crippen molar-refractivity contribution in [2.24, 2.45) is 0 Å². The van der Waals surface area contributed by atoms with E-state index in [0.29, 0.717) is 44.2 Å². The van der Waals surface area contributed by atoms with E-state index in [0.717, 1.165) is 11.0 Å². The maximum absolute atomic E-state index is 13.0. The average molecular weight is 395 g/mol. The van der Waals surface area contributed by atoms with Crippen molar-refractivity contribution in [1.82, 2.24) is 14.5 Å². The Hall–Kier alpha value is -3.42. The van der Waals surface area contributed by atoms with Crippen LogP contribution in [0.25, 0.3) is 11.0 Å². The summed E-state index contributed by atoms with van der Waals surface area (Å²) in [5, 5.41) is 2.77. The molecule has 1 aromatic heterocycles. The van der Waals surface area contributed by atoms with Crippen LogP contribution >= 0.6 is 0 Å². The van der Waals surface area contributed by atoms with Gasteiger partial charge in [-0.15, -0.1) is 0 Å². The summed E-state index contributed by atoms with van der Waals surface area (Å²) in [7, 11) is 0. The van der Waals surface area contributed by atoms with E-state index in [1.54, 1.807) is 9.47 Å². The monoisotopic (exact) mass is 395 g/mol. The fourth-order valence-electron chi connectivity index (χ4n) is 3.56. The largest absolute Gasteiger partial charge is 0.348 e. The minimum atomic E-state index is -0.350. The van der Waals surface area contributed by atoms with Crippen LogP contribution in [-0.2, 0) is 6.54 Å². The maximum Gasteiger partial charge on any atom is 0.321 e. The highest BCUT2D eigenvalue weighted by Crippen LogP contribution is 2.17. The van der Waals surface area contributed by atoms with Crippen LogP contribution < -0.4 is 15.8 Å². The molecule has 0 aliphatic carbocycles. The summed E-state index contributed by atoms with van der Waals surface area (Å²) in [6, 6.07) is 13.0. The van der Waals surface area contributed by atoms with E-state index in [4.69, 9.17) is 0 Å². The van der Waals surface area contributed by atoms with Gasteiger partial charge in [0.2, 0.25) is 0 Å². The minimum absolute atomic E-state index is 0.115. The highest BCUT2D eigenvalue weighted by atomic mass is 19.1. The van der Waals surface area contributed by atoms with Crippen molar-refractivity contribution >= 4 is 28.6 Å². The number of hydrogen-bond acceptors (Lipinski definition) is 4. The van der Waals surface area contributed by atoms with Crippen LogP contribution in [0.3, 0.4) is 0 Å². The number of fused-ring (bicyclic) bond motifs is 1. The number of nitrogens with zero attached hydrogens (tertiary/aromatic N) is 4. The Bertz CT molecular complexity index is 1090. The van der Waals surface area contributed by atoms with Crippen molar-refractivity contribution in [3.05, 3.63) is 64.7 Å². The first-order chi connectivity index (χ1) is 14.1. The molecule has 1 aliphatic rings. The first kappa shape index (κ1) is 18.9. The third-order valence-corrected chi connectivity index (χ3v) is 5.11. The standard InChI is InChI=1S/C21H22FN5O2/c1-2-27-18-6-4-3-5-17(18)24-19(20(27)28)25-11-13-26(14-12-25)21(29)23-16-9-7-15(22)8-10-16/h3-10H,2,11-14H2,1H3,(H,23,29). The normalized spacial score (nSPS) is 14.3. The van der Waals surface area contributed by atoms with E-state index in [1.807, 2.05) is 36.1 Å². The zero-order valence-electron chi connectivity index (χ0n) is 16.1. The van der Waals surface area contributed by atoms with Crippen molar-refractivity contribution in [3.63, 3.8) is 0 Å². The topological polar surface area (TPSA) is 70.5 Å². The molecule has 3 aromatic rings. The van der Waals surface area contributed by atoms with Crippen LogP contribution in [0.2, 0.25) is 0 Å². The molecule has 4 rings (SSSR count). The summed E-state index contributed by atoms with van der Waals surface area (Å²) in [5.41, 5.74) is 2.03. The molecule has 7 nitrogen and oxygen atoms in total. The molecule has 0 unspecified atom stereocenters. The second-order valence-electron chi connectivity index (χ2n) is 6.88. The summed E-state index contributed by atoms with van der Waals surface area (Å²) in [5.74, 6) is 0.0707. The highest BCUT2D eigenvalue weighted by Gasteiger charge is 2.24. The third-order valence-electron chi connectivity index (χ3n) is 5.11. The fourth-order valence-corrected chi connectivity index (χ4v) is 3.56. The number of halogens is 1. The number of benzene rings is 2. The van der Waals surface area contributed by atoms with Crippen molar-refractivity contribution in [2.75, 3.05) is 36.4 Å². The number of carbonyl (C=O) groups excluding carboxylic acids is 1. The van der Waals surface area contributed by atoms with Crippen molar-refractivity contribution in [1.29, 1.82) is 0 Å². The first-order valence-corrected chi connectivity index (χ1v) is 9.63. The van der Waals surface area contributed by atoms with Crippen molar-refractivity contribution in [2.45, 2.75) is 13.5 Å². The van der Waals surface area contributed by atoms with Gasteiger partial charge in [-0.2, -0.15) is 0 Å². The molecular formula is C21H22FN5O2. The predicted molar refractivity (Wildman–Crippen MR) is 111 cm³/mol. The molecule has 0 radical (unpaired) electrons. The molecule has 0 saturated carbocycles. The van der Waals surface area contributed by atoms with Crippen LogP contribution in [-0.4, -0.2) is 46.7 Å². The van der Waals surface area contributed by atoms with Gasteiger partial charge in [0.1, 0.15) is 5.82 Å². The molecule has 0 spiro atoms. The number of urea groups is 1. The Morgan fingerprint density at radius 3 is 2.45 bits per heavy atom. The van der Waals surface area contributed by atoms with E-state index < -0.39 is 0 Å². The zero-order chi connectivity index (χ0) is 20.4. The lowest BCUT2D eigenvalue weighted by molar-refractivity contribution is 0.208. The van der Waals surface area contributed by atoms with E-state index in [1.165, 1.54) is 24.3 Å². The molecule has 2 aromatic carbocycles. The van der Waals surface area contributed by atoms with Crippen LogP contribution in [0.4, 0.5) is 20.7 Å². The van der Waals surface area contributed by atoms with Gasteiger partial charge in [-0.25, -0.2) is 14.2 Å². The van der Waals surface area contributed by atoms with E-state index in [9.17, 15) is 14.0 Å². The summed E-state index contributed by atoms with van der Waals surface area (Å²) in [4.78, 5) is 33.6. The number of rotatable bonds is 3. The molecule has 1 saturated heterocycles. The molecule has 1 aliphatic heterocycles. The smallest absolute Gasteiger partial charge is 0.321 e. The second-order valence-corrected chi connectivity index (χ2v) is 6.88. The van der Waals surface area contributed by atoms with Gasteiger partial charge in [0.25, 0.3) is 5.56 Å². The Morgan fingerprint density at radius 2 is 1.76 bits per heavy atom. The van der Waals surface area contributed by atoms with Crippen molar-refractivity contribution in [3.8, 4) is 0 Å². The van der Waals surface area contributed by atoms with Gasteiger partial charge in [0.15, 0.2) is 5.82 Å². The molecule has 2 heterocycles. The Morgan fingerprint density at radius 1 is 1.07 bits per heavy atom. The van der Waals surface area contributed by atoms with Gasteiger partial charge in [0.05, 0.1) is 11.0 Å². The fraction of sp³-hybridized carbons (Fsp3) is 0.286. The van der Waals surface area contributed by atoms with E-state index >= 15 is 0 Å². The van der Waals surface area contributed by atoms with Gasteiger partial charge >= 0.3 is 6.03 Å². The zero-order valence-corrected chi connectivity index (χ0v) is 16.1. The summed E-state index contributed by atoms with van der Waals surface area (Å²) < 4.78 is 14.7. The Balaban J connectivity index is 1.48. The summed E-state index contributed by atoms with van der Waals surface area (Å²) >= 11 is 0. The number of carbonyl (C=O) groups is 1. The predicted octanol–water partition coefficient (Wildman–Crippen LogP) is 2.91. The molecule has 1 N–H and O–H groups in total. The summed E-state index contributed by atoms with van der Waals surface area (Å²) in [6.45, 7) is 4.46. The van der Waals surface area contributed by atoms with E-state index in [-0.39, 0.29) is 17.4 Å². The molecule has 2 amide bonds. The number of hydrogen-bond donors (Lipinski definition) is 1. The third kappa shape index (κ3) is 3.78. The molecular weight excluding hydrogens is 373 g/mol. The number of aromatic nitrogens is 2. The number of anilines is 2. The molecule has 150 valence electrons. The lowest BCUT2D eigenvalue weighted by atomic mass is 10.2. The molecule has 1 fully saturated rings. The number of piperazine rings is 1. The average Bonchev–Trinajstić information content (AvgIpc) is 2.75.